The Balaban J connectivity index is 1.33. The van der Waals surface area contributed by atoms with Gasteiger partial charge in [0.25, 0.3) is 5.91 Å². The Kier molecular flexibility index (Phi) is 7.51. The standard InChI is InChI=1S/C30H27N5O2S/c1-20-8-10-23(11-9-20)29-33-34-30(35(29)26-14-16-27(37-3)17-15-26)38-19-28(36)32-31-21(2)24-13-12-22-6-4-5-7-25(22)18-24/h4-18H,19H2,1-3H3,(H,32,36). The van der Waals surface area contributed by atoms with Gasteiger partial charge in [-0.2, -0.15) is 5.10 Å². The Morgan fingerprint density at radius 1 is 0.947 bits per heavy atom. The average molecular weight is 522 g/mol. The molecule has 1 amide bonds. The fourth-order valence-electron chi connectivity index (χ4n) is 4.00. The number of hydrogen-bond donors (Lipinski definition) is 1. The first-order valence-corrected chi connectivity index (χ1v) is 13.1. The van der Waals surface area contributed by atoms with Gasteiger partial charge in [-0.05, 0) is 60.5 Å². The van der Waals surface area contributed by atoms with Crippen molar-refractivity contribution in [2.75, 3.05) is 12.9 Å². The Hall–Kier alpha value is -4.43. The summed E-state index contributed by atoms with van der Waals surface area (Å²) >= 11 is 1.30. The molecule has 0 bridgehead atoms. The number of benzene rings is 4. The summed E-state index contributed by atoms with van der Waals surface area (Å²) in [6.45, 7) is 3.92. The van der Waals surface area contributed by atoms with Crippen molar-refractivity contribution in [1.82, 2.24) is 20.2 Å². The molecule has 0 radical (unpaired) electrons. The number of hydrogen-bond acceptors (Lipinski definition) is 6. The lowest BCUT2D eigenvalue weighted by Crippen LogP contribution is -2.21. The summed E-state index contributed by atoms with van der Waals surface area (Å²) < 4.78 is 7.26. The van der Waals surface area contributed by atoms with Gasteiger partial charge in [0.2, 0.25) is 0 Å². The second-order valence-corrected chi connectivity index (χ2v) is 9.73. The fourth-order valence-corrected chi connectivity index (χ4v) is 4.75. The van der Waals surface area contributed by atoms with E-state index in [9.17, 15) is 4.79 Å². The molecule has 0 atom stereocenters. The molecule has 0 aliphatic carbocycles. The summed E-state index contributed by atoms with van der Waals surface area (Å²) in [5, 5.41) is 16.1. The highest BCUT2D eigenvalue weighted by molar-refractivity contribution is 7.99. The number of carbonyl (C=O) groups excluding carboxylic acids is 1. The van der Waals surface area contributed by atoms with Crippen LogP contribution in [-0.2, 0) is 4.79 Å². The minimum Gasteiger partial charge on any atom is -0.497 e. The molecule has 1 N–H and O–H groups in total. The molecule has 0 saturated heterocycles. The van der Waals surface area contributed by atoms with Crippen LogP contribution in [0.1, 0.15) is 18.1 Å². The Morgan fingerprint density at radius 3 is 2.42 bits per heavy atom. The molecule has 5 aromatic rings. The minimum absolute atomic E-state index is 0.136. The van der Waals surface area contributed by atoms with Crippen molar-refractivity contribution in [2.45, 2.75) is 19.0 Å². The summed E-state index contributed by atoms with van der Waals surface area (Å²) in [6.07, 6.45) is 0. The van der Waals surface area contributed by atoms with Crippen molar-refractivity contribution < 1.29 is 9.53 Å². The molecular weight excluding hydrogens is 494 g/mol. The van der Waals surface area contributed by atoms with Gasteiger partial charge in [0.05, 0.1) is 18.6 Å². The number of amides is 1. The number of ether oxygens (including phenoxy) is 1. The largest absolute Gasteiger partial charge is 0.497 e. The lowest BCUT2D eigenvalue weighted by atomic mass is 10.0. The lowest BCUT2D eigenvalue weighted by Gasteiger charge is -2.11. The van der Waals surface area contributed by atoms with Crippen LogP contribution in [-0.4, -0.2) is 39.2 Å². The minimum atomic E-state index is -0.226. The maximum atomic E-state index is 12.7. The summed E-state index contributed by atoms with van der Waals surface area (Å²) in [7, 11) is 1.63. The molecular formula is C30H27N5O2S. The summed E-state index contributed by atoms with van der Waals surface area (Å²) in [6, 6.07) is 30.1. The van der Waals surface area contributed by atoms with Gasteiger partial charge in [-0.15, -0.1) is 10.2 Å². The van der Waals surface area contributed by atoms with Gasteiger partial charge >= 0.3 is 0 Å². The predicted molar refractivity (Wildman–Crippen MR) is 153 cm³/mol. The van der Waals surface area contributed by atoms with Crippen LogP contribution >= 0.6 is 11.8 Å². The first kappa shape index (κ1) is 25.2. The number of aryl methyl sites for hydroxylation is 1. The molecule has 0 saturated carbocycles. The molecule has 38 heavy (non-hydrogen) atoms. The number of fused-ring (bicyclic) bond motifs is 1. The van der Waals surface area contributed by atoms with Crippen LogP contribution < -0.4 is 10.2 Å². The van der Waals surface area contributed by atoms with Gasteiger partial charge < -0.3 is 4.74 Å². The smallest absolute Gasteiger partial charge is 0.250 e. The van der Waals surface area contributed by atoms with E-state index in [2.05, 4.69) is 45.0 Å². The van der Waals surface area contributed by atoms with E-state index in [1.54, 1.807) is 7.11 Å². The summed E-state index contributed by atoms with van der Waals surface area (Å²) in [4.78, 5) is 12.7. The zero-order valence-corrected chi connectivity index (χ0v) is 22.2. The van der Waals surface area contributed by atoms with E-state index in [1.807, 2.05) is 85.1 Å². The van der Waals surface area contributed by atoms with Crippen LogP contribution in [0.2, 0.25) is 0 Å². The second kappa shape index (κ2) is 11.3. The third-order valence-electron chi connectivity index (χ3n) is 6.12. The van der Waals surface area contributed by atoms with Crippen LogP contribution in [0.3, 0.4) is 0 Å². The van der Waals surface area contributed by atoms with E-state index in [-0.39, 0.29) is 11.7 Å². The number of thioether (sulfide) groups is 1. The normalized spacial score (nSPS) is 11.5. The zero-order valence-electron chi connectivity index (χ0n) is 21.4. The summed E-state index contributed by atoms with van der Waals surface area (Å²) in [5.41, 5.74) is 7.34. The molecule has 7 nitrogen and oxygen atoms in total. The molecule has 1 heterocycles. The third kappa shape index (κ3) is 5.60. The van der Waals surface area contributed by atoms with Crippen molar-refractivity contribution in [3.05, 3.63) is 102 Å². The van der Waals surface area contributed by atoms with Gasteiger partial charge in [0, 0.05) is 11.3 Å². The van der Waals surface area contributed by atoms with Crippen molar-refractivity contribution in [1.29, 1.82) is 0 Å². The van der Waals surface area contributed by atoms with Crippen LogP contribution in [0.4, 0.5) is 0 Å². The number of rotatable bonds is 8. The zero-order chi connectivity index (χ0) is 26.5. The third-order valence-corrected chi connectivity index (χ3v) is 7.05. The molecule has 190 valence electrons. The van der Waals surface area contributed by atoms with Crippen LogP contribution in [0.25, 0.3) is 27.8 Å². The van der Waals surface area contributed by atoms with Gasteiger partial charge in [-0.25, -0.2) is 5.43 Å². The maximum Gasteiger partial charge on any atom is 0.250 e. The molecule has 0 aliphatic rings. The van der Waals surface area contributed by atoms with Gasteiger partial charge in [-0.1, -0.05) is 78.0 Å². The number of nitrogens with zero attached hydrogens (tertiary/aromatic N) is 4. The Bertz CT molecular complexity index is 1610. The number of methoxy groups -OCH3 is 1. The predicted octanol–water partition coefficient (Wildman–Crippen LogP) is 6.04. The summed E-state index contributed by atoms with van der Waals surface area (Å²) in [5.74, 6) is 1.36. The number of carbonyl (C=O) groups is 1. The van der Waals surface area contributed by atoms with Crippen molar-refractivity contribution >= 4 is 34.2 Å². The first-order valence-electron chi connectivity index (χ1n) is 12.1. The van der Waals surface area contributed by atoms with Crippen molar-refractivity contribution in [3.63, 3.8) is 0 Å². The molecule has 0 spiro atoms. The van der Waals surface area contributed by atoms with Crippen molar-refractivity contribution in [2.24, 2.45) is 5.10 Å². The molecule has 5 rings (SSSR count). The van der Waals surface area contributed by atoms with E-state index in [1.165, 1.54) is 11.8 Å². The molecule has 0 aliphatic heterocycles. The van der Waals surface area contributed by atoms with E-state index in [0.717, 1.165) is 44.6 Å². The molecule has 1 aromatic heterocycles. The van der Waals surface area contributed by atoms with E-state index < -0.39 is 0 Å². The highest BCUT2D eigenvalue weighted by atomic mass is 32.2. The number of aromatic nitrogens is 3. The van der Waals surface area contributed by atoms with Gasteiger partial charge in [0.1, 0.15) is 5.75 Å². The Morgan fingerprint density at radius 2 is 1.68 bits per heavy atom. The molecule has 0 fully saturated rings. The molecule has 0 unspecified atom stereocenters. The first-order chi connectivity index (χ1) is 18.5. The van der Waals surface area contributed by atoms with Crippen LogP contribution in [0.5, 0.6) is 5.75 Å². The fraction of sp³-hybridized carbons (Fsp3) is 0.133. The topological polar surface area (TPSA) is 81.4 Å². The van der Waals surface area contributed by atoms with Crippen LogP contribution in [0.15, 0.2) is 101 Å². The molecule has 8 heteroatoms. The van der Waals surface area contributed by atoms with Gasteiger partial charge in [0.15, 0.2) is 11.0 Å². The number of hydrazone groups is 1. The SMILES string of the molecule is COc1ccc(-n2c(SCC(=O)NN=C(C)c3ccc4ccccc4c3)nnc2-c2ccc(C)cc2)cc1. The quantitative estimate of drug-likeness (QED) is 0.153. The second-order valence-electron chi connectivity index (χ2n) is 8.79. The van der Waals surface area contributed by atoms with E-state index in [4.69, 9.17) is 4.74 Å². The average Bonchev–Trinajstić information content (AvgIpc) is 3.38. The van der Waals surface area contributed by atoms with E-state index >= 15 is 0 Å². The highest BCUT2D eigenvalue weighted by Crippen LogP contribution is 2.29. The Labute approximate surface area is 225 Å². The maximum absolute atomic E-state index is 12.7. The number of nitrogens with one attached hydrogen (secondary N) is 1. The molecule has 4 aromatic carbocycles. The van der Waals surface area contributed by atoms with Crippen molar-refractivity contribution in [3.8, 4) is 22.8 Å². The highest BCUT2D eigenvalue weighted by Gasteiger charge is 2.17. The van der Waals surface area contributed by atoms with E-state index in [0.29, 0.717) is 11.0 Å². The monoisotopic (exact) mass is 521 g/mol. The van der Waals surface area contributed by atoms with Crippen LogP contribution in [0, 0.1) is 6.92 Å². The van der Waals surface area contributed by atoms with Gasteiger partial charge in [-0.3, -0.25) is 9.36 Å². The lowest BCUT2D eigenvalue weighted by molar-refractivity contribution is -0.118.